The minimum atomic E-state index is -0.997. The molecule has 0 saturated carbocycles. The van der Waals surface area contributed by atoms with E-state index in [9.17, 15) is 9.59 Å². The highest BCUT2D eigenvalue weighted by Gasteiger charge is 2.03. The quantitative estimate of drug-likeness (QED) is 0.804. The molecule has 0 heterocycles. The predicted molar refractivity (Wildman–Crippen MR) is 68.5 cm³/mol. The zero-order chi connectivity index (χ0) is 13.5. The monoisotopic (exact) mass is 249 g/mol. The van der Waals surface area contributed by atoms with Crippen molar-refractivity contribution in [3.8, 4) is 0 Å². The lowest BCUT2D eigenvalue weighted by Crippen LogP contribution is -2.13. The number of hydrogen-bond donors (Lipinski definition) is 2. The molecule has 0 spiro atoms. The Labute approximate surface area is 105 Å². The lowest BCUT2D eigenvalue weighted by atomic mass is 10.1. The van der Waals surface area contributed by atoms with E-state index in [1.165, 1.54) is 6.08 Å². The van der Waals surface area contributed by atoms with E-state index in [0.29, 0.717) is 12.3 Å². The van der Waals surface area contributed by atoms with Crippen molar-refractivity contribution < 1.29 is 19.4 Å². The van der Waals surface area contributed by atoms with Crippen LogP contribution in [0.15, 0.2) is 24.3 Å². The minimum absolute atomic E-state index is 0.310. The Morgan fingerprint density at radius 3 is 2.72 bits per heavy atom. The molecular weight excluding hydrogens is 234 g/mol. The number of amides is 1. The first-order valence-corrected chi connectivity index (χ1v) is 5.48. The van der Waals surface area contributed by atoms with Gasteiger partial charge in [-0.05, 0) is 43.2 Å². The molecule has 5 nitrogen and oxygen atoms in total. The van der Waals surface area contributed by atoms with Crippen LogP contribution in [0, 0.1) is 6.92 Å². The Bertz CT molecular complexity index is 480. The third-order valence-corrected chi connectivity index (χ3v) is 2.20. The number of nitrogens with one attached hydrogen (secondary N) is 1. The average molecular weight is 249 g/mol. The maximum atomic E-state index is 11.2. The Balaban J connectivity index is 2.79. The molecular formula is C13H15NO4. The number of carboxylic acids is 1. The minimum Gasteiger partial charge on any atom is -0.478 e. The van der Waals surface area contributed by atoms with Crippen molar-refractivity contribution in [2.75, 3.05) is 11.9 Å². The van der Waals surface area contributed by atoms with Crippen LogP contribution >= 0.6 is 0 Å². The topological polar surface area (TPSA) is 75.6 Å². The van der Waals surface area contributed by atoms with Crippen LogP contribution in [0.2, 0.25) is 0 Å². The van der Waals surface area contributed by atoms with Gasteiger partial charge < -0.3 is 9.84 Å². The van der Waals surface area contributed by atoms with Gasteiger partial charge in [0.1, 0.15) is 0 Å². The van der Waals surface area contributed by atoms with Crippen LogP contribution in [0.5, 0.6) is 0 Å². The molecule has 0 bridgehead atoms. The summed E-state index contributed by atoms with van der Waals surface area (Å²) in [4.78, 5) is 21.6. The number of carbonyl (C=O) groups excluding carboxylic acids is 1. The molecule has 18 heavy (non-hydrogen) atoms. The summed E-state index contributed by atoms with van der Waals surface area (Å²) in [5.74, 6) is -0.997. The van der Waals surface area contributed by atoms with Crippen LogP contribution in [-0.4, -0.2) is 23.8 Å². The molecule has 0 unspecified atom stereocenters. The summed E-state index contributed by atoms with van der Waals surface area (Å²) in [5.41, 5.74) is 2.26. The second-order valence-electron chi connectivity index (χ2n) is 3.59. The van der Waals surface area contributed by atoms with E-state index < -0.39 is 12.1 Å². The highest BCUT2D eigenvalue weighted by Crippen LogP contribution is 2.16. The molecule has 0 aliphatic rings. The number of benzene rings is 1. The highest BCUT2D eigenvalue weighted by molar-refractivity contribution is 5.87. The molecule has 0 saturated heterocycles. The Morgan fingerprint density at radius 2 is 2.17 bits per heavy atom. The van der Waals surface area contributed by atoms with Gasteiger partial charge in [0.05, 0.1) is 6.61 Å². The molecule has 96 valence electrons. The predicted octanol–water partition coefficient (Wildman–Crippen LogP) is 2.66. The van der Waals surface area contributed by atoms with Crippen molar-refractivity contribution in [1.82, 2.24) is 0 Å². The van der Waals surface area contributed by atoms with Crippen molar-refractivity contribution >= 4 is 23.8 Å². The molecule has 0 radical (unpaired) electrons. The number of ether oxygens (including phenoxy) is 1. The molecule has 1 aromatic rings. The van der Waals surface area contributed by atoms with E-state index in [1.54, 1.807) is 25.1 Å². The summed E-state index contributed by atoms with van der Waals surface area (Å²) < 4.78 is 4.75. The number of aliphatic carboxylic acids is 1. The Hall–Kier alpha value is -2.30. The molecule has 0 atom stereocenters. The van der Waals surface area contributed by atoms with Crippen molar-refractivity contribution in [3.63, 3.8) is 0 Å². The van der Waals surface area contributed by atoms with E-state index in [-0.39, 0.29) is 0 Å². The fourth-order valence-corrected chi connectivity index (χ4v) is 1.39. The molecule has 0 aliphatic carbocycles. The summed E-state index contributed by atoms with van der Waals surface area (Å²) >= 11 is 0. The zero-order valence-electron chi connectivity index (χ0n) is 10.3. The standard InChI is InChI=1S/C13H15NO4/c1-3-18-13(17)14-11-6-4-10(9(2)8-11)5-7-12(15)16/h4-8H,3H2,1-2H3,(H,14,17)(H,15,16). The van der Waals surface area contributed by atoms with E-state index in [1.807, 2.05) is 6.92 Å². The number of anilines is 1. The first-order chi connectivity index (χ1) is 8.52. The van der Waals surface area contributed by atoms with E-state index in [0.717, 1.165) is 17.2 Å². The highest BCUT2D eigenvalue weighted by atomic mass is 16.5. The molecule has 2 N–H and O–H groups in total. The van der Waals surface area contributed by atoms with Gasteiger partial charge in [0.2, 0.25) is 0 Å². The smallest absolute Gasteiger partial charge is 0.411 e. The van der Waals surface area contributed by atoms with Crippen molar-refractivity contribution in [2.45, 2.75) is 13.8 Å². The summed E-state index contributed by atoms with van der Waals surface area (Å²) in [7, 11) is 0. The Kier molecular flexibility index (Phi) is 4.92. The maximum Gasteiger partial charge on any atom is 0.411 e. The average Bonchev–Trinajstić information content (AvgIpc) is 2.28. The summed E-state index contributed by atoms with van der Waals surface area (Å²) in [6.07, 6.45) is 2.07. The van der Waals surface area contributed by atoms with E-state index in [4.69, 9.17) is 9.84 Å². The van der Waals surface area contributed by atoms with Crippen LogP contribution in [0.3, 0.4) is 0 Å². The first kappa shape index (κ1) is 13.8. The Morgan fingerprint density at radius 1 is 1.44 bits per heavy atom. The fraction of sp³-hybridized carbons (Fsp3) is 0.231. The number of hydrogen-bond acceptors (Lipinski definition) is 3. The van der Waals surface area contributed by atoms with Gasteiger partial charge in [-0.1, -0.05) is 6.07 Å². The molecule has 0 aliphatic heterocycles. The fourth-order valence-electron chi connectivity index (χ4n) is 1.39. The normalized spacial score (nSPS) is 10.3. The number of rotatable bonds is 4. The summed E-state index contributed by atoms with van der Waals surface area (Å²) in [6.45, 7) is 3.87. The number of carbonyl (C=O) groups is 2. The molecule has 1 amide bonds. The van der Waals surface area contributed by atoms with Crippen LogP contribution in [-0.2, 0) is 9.53 Å². The second kappa shape index (κ2) is 6.44. The van der Waals surface area contributed by atoms with Gasteiger partial charge in [-0.25, -0.2) is 9.59 Å². The van der Waals surface area contributed by atoms with Crippen molar-refractivity contribution in [1.29, 1.82) is 0 Å². The summed E-state index contributed by atoms with van der Waals surface area (Å²) in [5, 5.41) is 11.1. The van der Waals surface area contributed by atoms with Gasteiger partial charge in [-0.2, -0.15) is 0 Å². The van der Waals surface area contributed by atoms with Gasteiger partial charge in [0, 0.05) is 11.8 Å². The maximum absolute atomic E-state index is 11.2. The third-order valence-electron chi connectivity index (χ3n) is 2.20. The zero-order valence-corrected chi connectivity index (χ0v) is 10.3. The molecule has 0 fully saturated rings. The van der Waals surface area contributed by atoms with Gasteiger partial charge in [-0.3, -0.25) is 5.32 Å². The van der Waals surface area contributed by atoms with Crippen LogP contribution in [0.4, 0.5) is 10.5 Å². The molecule has 1 rings (SSSR count). The van der Waals surface area contributed by atoms with Crippen molar-refractivity contribution in [3.05, 3.63) is 35.4 Å². The molecule has 5 heteroatoms. The van der Waals surface area contributed by atoms with Gasteiger partial charge in [0.25, 0.3) is 0 Å². The van der Waals surface area contributed by atoms with E-state index in [2.05, 4.69) is 5.32 Å². The number of aryl methyl sites for hydroxylation is 1. The lowest BCUT2D eigenvalue weighted by molar-refractivity contribution is -0.131. The number of carboxylic acid groups (broad SMARTS) is 1. The first-order valence-electron chi connectivity index (χ1n) is 5.48. The third kappa shape index (κ3) is 4.29. The van der Waals surface area contributed by atoms with Crippen LogP contribution in [0.25, 0.3) is 6.08 Å². The van der Waals surface area contributed by atoms with Crippen LogP contribution < -0.4 is 5.32 Å². The van der Waals surface area contributed by atoms with Gasteiger partial charge in [0.15, 0.2) is 0 Å². The lowest BCUT2D eigenvalue weighted by Gasteiger charge is -2.07. The van der Waals surface area contributed by atoms with Gasteiger partial charge in [-0.15, -0.1) is 0 Å². The van der Waals surface area contributed by atoms with Crippen molar-refractivity contribution in [2.24, 2.45) is 0 Å². The van der Waals surface area contributed by atoms with E-state index >= 15 is 0 Å². The van der Waals surface area contributed by atoms with Gasteiger partial charge >= 0.3 is 12.1 Å². The summed E-state index contributed by atoms with van der Waals surface area (Å²) in [6, 6.07) is 5.17. The molecule has 0 aromatic heterocycles. The SMILES string of the molecule is CCOC(=O)Nc1ccc(C=CC(=O)O)c(C)c1. The van der Waals surface area contributed by atoms with Crippen LogP contribution in [0.1, 0.15) is 18.1 Å². The second-order valence-corrected chi connectivity index (χ2v) is 3.59. The largest absolute Gasteiger partial charge is 0.478 e. The molecule has 1 aromatic carbocycles.